The quantitative estimate of drug-likeness (QED) is 0.866. The zero-order valence-corrected chi connectivity index (χ0v) is 11.4. The average Bonchev–Trinajstić information content (AvgIpc) is 2.42. The minimum atomic E-state index is -5.09. The molecule has 120 valence electrons. The highest BCUT2D eigenvalue weighted by Crippen LogP contribution is 2.35. The Kier molecular flexibility index (Phi) is 5.68. The summed E-state index contributed by atoms with van der Waals surface area (Å²) in [5.41, 5.74) is -1.28. The molecule has 0 saturated carbocycles. The van der Waals surface area contributed by atoms with Crippen LogP contribution in [-0.4, -0.2) is 30.7 Å². The molecule has 0 aliphatic carbocycles. The van der Waals surface area contributed by atoms with Gasteiger partial charge in [0.25, 0.3) is 0 Å². The predicted octanol–water partition coefficient (Wildman–Crippen LogP) is 3.12. The van der Waals surface area contributed by atoms with E-state index in [9.17, 15) is 26.7 Å². The fourth-order valence-electron chi connectivity index (χ4n) is 1.66. The third-order valence-corrected chi connectivity index (χ3v) is 2.79. The van der Waals surface area contributed by atoms with Crippen molar-refractivity contribution in [1.29, 1.82) is 5.26 Å². The maximum atomic E-state index is 13.5. The zero-order chi connectivity index (χ0) is 16.9. The Morgan fingerprint density at radius 3 is 2.36 bits per heavy atom. The Hall–Kier alpha value is -2.37. The second-order valence-electron chi connectivity index (χ2n) is 4.39. The molecule has 0 saturated heterocycles. The van der Waals surface area contributed by atoms with Crippen LogP contribution < -0.4 is 5.32 Å². The van der Waals surface area contributed by atoms with Crippen molar-refractivity contribution in [1.82, 2.24) is 10.2 Å². The number of amides is 2. The van der Waals surface area contributed by atoms with Crippen LogP contribution >= 0.6 is 0 Å². The second-order valence-corrected chi connectivity index (χ2v) is 4.39. The molecule has 0 radical (unpaired) electrons. The summed E-state index contributed by atoms with van der Waals surface area (Å²) in [6, 6.07) is -0.0414. The fraction of sp³-hybridized carbons (Fsp3) is 0.385. The molecule has 0 bridgehead atoms. The summed E-state index contributed by atoms with van der Waals surface area (Å²) >= 11 is 0. The Bertz CT molecular complexity index is 562. The summed E-state index contributed by atoms with van der Waals surface area (Å²) < 4.78 is 66.1. The number of alkyl halides is 3. The van der Waals surface area contributed by atoms with Crippen LogP contribution in [0.3, 0.4) is 0 Å². The number of halogens is 5. The predicted molar refractivity (Wildman–Crippen MR) is 66.5 cm³/mol. The largest absolute Gasteiger partial charge is 0.413 e. The number of rotatable bonds is 4. The lowest BCUT2D eigenvalue weighted by atomic mass is 10.1. The van der Waals surface area contributed by atoms with Crippen molar-refractivity contribution in [3.63, 3.8) is 0 Å². The average molecular weight is 321 g/mol. The minimum Gasteiger partial charge on any atom is -0.327 e. The van der Waals surface area contributed by atoms with Gasteiger partial charge in [-0.15, -0.1) is 0 Å². The topological polar surface area (TPSA) is 56.1 Å². The van der Waals surface area contributed by atoms with Gasteiger partial charge >= 0.3 is 12.2 Å². The SMILES string of the molecule is CN(CCC#N)C(=O)NC(c1c(F)cccc1F)C(F)(F)F. The number of hydrogen-bond acceptors (Lipinski definition) is 2. The number of urea groups is 1. The van der Waals surface area contributed by atoms with Crippen LogP contribution in [-0.2, 0) is 0 Å². The highest BCUT2D eigenvalue weighted by atomic mass is 19.4. The summed E-state index contributed by atoms with van der Waals surface area (Å²) in [5, 5.41) is 9.91. The summed E-state index contributed by atoms with van der Waals surface area (Å²) in [6.45, 7) is -0.118. The van der Waals surface area contributed by atoms with E-state index in [1.54, 1.807) is 6.07 Å². The van der Waals surface area contributed by atoms with Crippen molar-refractivity contribution >= 4 is 6.03 Å². The molecule has 1 rings (SSSR count). The van der Waals surface area contributed by atoms with Gasteiger partial charge in [0.15, 0.2) is 6.04 Å². The summed E-state index contributed by atoms with van der Waals surface area (Å²) in [7, 11) is 1.16. The Labute approximate surface area is 123 Å². The molecule has 2 amide bonds. The normalized spacial score (nSPS) is 12.4. The molecule has 0 aromatic heterocycles. The summed E-state index contributed by atoms with van der Waals surface area (Å²) in [5.74, 6) is -2.83. The minimum absolute atomic E-state index is 0.0886. The second kappa shape index (κ2) is 7.06. The van der Waals surface area contributed by atoms with E-state index in [4.69, 9.17) is 5.26 Å². The maximum absolute atomic E-state index is 13.5. The van der Waals surface area contributed by atoms with Crippen LogP contribution in [0, 0.1) is 23.0 Å². The smallest absolute Gasteiger partial charge is 0.327 e. The molecule has 0 spiro atoms. The molecule has 1 aromatic rings. The van der Waals surface area contributed by atoms with Crippen LogP contribution in [0.15, 0.2) is 18.2 Å². The third kappa shape index (κ3) is 4.31. The van der Waals surface area contributed by atoms with Crippen molar-refractivity contribution in [2.75, 3.05) is 13.6 Å². The van der Waals surface area contributed by atoms with Crippen molar-refractivity contribution in [3.8, 4) is 6.07 Å². The highest BCUT2D eigenvalue weighted by Gasteiger charge is 2.45. The highest BCUT2D eigenvalue weighted by molar-refractivity contribution is 5.74. The van der Waals surface area contributed by atoms with E-state index < -0.39 is 35.4 Å². The number of carbonyl (C=O) groups excluding carboxylic acids is 1. The summed E-state index contributed by atoms with van der Waals surface area (Å²) in [6.07, 6.45) is -5.18. The lowest BCUT2D eigenvalue weighted by molar-refractivity contribution is -0.156. The Balaban J connectivity index is 3.07. The van der Waals surface area contributed by atoms with Crippen LogP contribution in [0.4, 0.5) is 26.7 Å². The van der Waals surface area contributed by atoms with Crippen molar-refractivity contribution in [3.05, 3.63) is 35.4 Å². The first-order valence-electron chi connectivity index (χ1n) is 6.07. The third-order valence-electron chi connectivity index (χ3n) is 2.79. The van der Waals surface area contributed by atoms with E-state index in [-0.39, 0.29) is 13.0 Å². The number of carbonyl (C=O) groups is 1. The van der Waals surface area contributed by atoms with Crippen molar-refractivity contribution in [2.45, 2.75) is 18.6 Å². The molecule has 22 heavy (non-hydrogen) atoms. The van der Waals surface area contributed by atoms with Gasteiger partial charge < -0.3 is 10.2 Å². The molecule has 0 heterocycles. The van der Waals surface area contributed by atoms with Gasteiger partial charge in [-0.1, -0.05) is 6.07 Å². The van der Waals surface area contributed by atoms with E-state index in [0.29, 0.717) is 12.1 Å². The summed E-state index contributed by atoms with van der Waals surface area (Å²) in [4.78, 5) is 12.5. The van der Waals surface area contributed by atoms with Crippen molar-refractivity contribution in [2.24, 2.45) is 0 Å². The van der Waals surface area contributed by atoms with E-state index in [1.165, 1.54) is 5.32 Å². The molecule has 0 fully saturated rings. The van der Waals surface area contributed by atoms with Gasteiger partial charge in [-0.25, -0.2) is 13.6 Å². The lowest BCUT2D eigenvalue weighted by Crippen LogP contribution is -2.45. The molecular weight excluding hydrogens is 309 g/mol. The van der Waals surface area contributed by atoms with Gasteiger partial charge in [-0.2, -0.15) is 18.4 Å². The Morgan fingerprint density at radius 2 is 1.91 bits per heavy atom. The zero-order valence-electron chi connectivity index (χ0n) is 11.4. The van der Waals surface area contributed by atoms with Crippen LogP contribution in [0.25, 0.3) is 0 Å². The van der Waals surface area contributed by atoms with E-state index in [0.717, 1.165) is 18.0 Å². The van der Waals surface area contributed by atoms with Gasteiger partial charge in [0, 0.05) is 13.6 Å². The number of nitriles is 1. The monoisotopic (exact) mass is 321 g/mol. The molecular formula is C13H12F5N3O. The van der Waals surface area contributed by atoms with Gasteiger partial charge in [-0.3, -0.25) is 0 Å². The van der Waals surface area contributed by atoms with E-state index in [2.05, 4.69) is 0 Å². The first-order chi connectivity index (χ1) is 10.2. The number of nitrogens with zero attached hydrogens (tertiary/aromatic N) is 2. The van der Waals surface area contributed by atoms with Gasteiger partial charge in [0.05, 0.1) is 18.1 Å². The molecule has 4 nitrogen and oxygen atoms in total. The number of benzene rings is 1. The van der Waals surface area contributed by atoms with Crippen LogP contribution in [0.1, 0.15) is 18.0 Å². The first-order valence-corrected chi connectivity index (χ1v) is 6.07. The van der Waals surface area contributed by atoms with Gasteiger partial charge in [-0.05, 0) is 12.1 Å². The lowest BCUT2D eigenvalue weighted by Gasteiger charge is -2.25. The standard InChI is InChI=1S/C13H12F5N3O/c1-21(7-3-6-19)12(22)20-11(13(16,17)18)10-8(14)4-2-5-9(10)15/h2,4-5,11H,3,7H2,1H3,(H,20,22). The molecule has 1 N–H and O–H groups in total. The molecule has 1 aromatic carbocycles. The van der Waals surface area contributed by atoms with E-state index >= 15 is 0 Å². The van der Waals surface area contributed by atoms with Gasteiger partial charge in [0.2, 0.25) is 0 Å². The van der Waals surface area contributed by atoms with Crippen molar-refractivity contribution < 1.29 is 26.7 Å². The number of nitrogens with one attached hydrogen (secondary N) is 1. The molecule has 9 heteroatoms. The van der Waals surface area contributed by atoms with Crippen LogP contribution in [0.2, 0.25) is 0 Å². The molecule has 1 atom stereocenters. The molecule has 1 unspecified atom stereocenters. The first kappa shape index (κ1) is 17.7. The van der Waals surface area contributed by atoms with Crippen LogP contribution in [0.5, 0.6) is 0 Å². The van der Waals surface area contributed by atoms with E-state index in [1.807, 2.05) is 0 Å². The van der Waals surface area contributed by atoms with Gasteiger partial charge in [0.1, 0.15) is 11.6 Å². The number of hydrogen-bond donors (Lipinski definition) is 1. The maximum Gasteiger partial charge on any atom is 0.413 e. The molecule has 0 aliphatic rings. The molecule has 0 aliphatic heterocycles. The Morgan fingerprint density at radius 1 is 1.36 bits per heavy atom. The fourth-order valence-corrected chi connectivity index (χ4v) is 1.66.